The number of aromatic nitrogens is 1. The van der Waals surface area contributed by atoms with Crippen LogP contribution < -0.4 is 70.4 Å². The van der Waals surface area contributed by atoms with E-state index in [4.69, 9.17) is 36.1 Å². The van der Waals surface area contributed by atoms with Gasteiger partial charge in [-0.2, -0.15) is 0 Å². The molecule has 1 aliphatic heterocycles. The van der Waals surface area contributed by atoms with Crippen molar-refractivity contribution in [1.29, 1.82) is 0 Å². The number of rotatable bonds is 32. The Balaban J connectivity index is 1.40. The molecule has 2 heterocycles. The molecule has 11 amide bonds. The van der Waals surface area contributed by atoms with E-state index in [0.717, 1.165) is 19.4 Å². The van der Waals surface area contributed by atoms with E-state index in [1.165, 1.54) is 43.3 Å². The molecular formula is C80H94N14O26. The number of fused-ring (bicyclic) bond motifs is 1. The molecule has 0 spiro atoms. The maximum Gasteiger partial charge on any atom is 0.329 e. The van der Waals surface area contributed by atoms with Crippen LogP contribution in [0.25, 0.3) is 10.9 Å². The van der Waals surface area contributed by atoms with E-state index in [0.29, 0.717) is 22.0 Å². The molecule has 4 aromatic carbocycles. The number of carbonyl (C=O) groups excluding carboxylic acids is 19. The molecule has 120 heavy (non-hydrogen) atoms. The van der Waals surface area contributed by atoms with Crippen LogP contribution in [0.15, 0.2) is 109 Å². The molecule has 1 saturated heterocycles. The quantitative estimate of drug-likeness (QED) is 0.00492. The van der Waals surface area contributed by atoms with Crippen LogP contribution in [0, 0.1) is 35.5 Å². The van der Waals surface area contributed by atoms with E-state index in [1.807, 2.05) is 18.2 Å². The van der Waals surface area contributed by atoms with Gasteiger partial charge in [-0.25, -0.2) is 4.79 Å². The van der Waals surface area contributed by atoms with Crippen molar-refractivity contribution in [2.24, 2.45) is 35.1 Å². The number of nitrogens with two attached hydrogens (primary N) is 3. The summed E-state index contributed by atoms with van der Waals surface area (Å²) in [5.74, 6) is -21.8. The predicted octanol–water partition coefficient (Wildman–Crippen LogP) is -3.68. The van der Waals surface area contributed by atoms with Crippen molar-refractivity contribution in [2.75, 3.05) is 51.8 Å². The Morgan fingerprint density at radius 1 is 0.633 bits per heavy atom. The van der Waals surface area contributed by atoms with E-state index >= 15 is 0 Å². The largest absolute Gasteiger partial charge is 0.481 e. The number of nitrogens with one attached hydrogen (secondary N) is 11. The Morgan fingerprint density at radius 3 is 1.88 bits per heavy atom. The van der Waals surface area contributed by atoms with Gasteiger partial charge in [0.25, 0.3) is 25.3 Å². The van der Waals surface area contributed by atoms with Crippen LogP contribution in [0.2, 0.25) is 0 Å². The Labute approximate surface area is 685 Å². The zero-order chi connectivity index (χ0) is 88.1. The van der Waals surface area contributed by atoms with Crippen molar-refractivity contribution < 1.29 is 125 Å². The molecule has 1 unspecified atom stereocenters. The number of hydrogen-bond donors (Lipinski definition) is 16. The second kappa shape index (κ2) is 47.8. The number of H-pyrrole nitrogens is 1. The minimum Gasteiger partial charge on any atom is -0.481 e. The topological polar surface area (TPSA) is 633 Å². The molecule has 5 aromatic rings. The number of nitrogen functional groups attached to an aromatic ring is 1. The Hall–Kier alpha value is -14.1. The van der Waals surface area contributed by atoms with Gasteiger partial charge in [-0.1, -0.05) is 67.3 Å². The molecule has 1 fully saturated rings. The molecule has 640 valence electrons. The van der Waals surface area contributed by atoms with Crippen molar-refractivity contribution >= 4 is 136 Å². The number of hydrogen-bond acceptors (Lipinski definition) is 27. The number of cyclic esters (lactones) is 1. The highest BCUT2D eigenvalue weighted by molar-refractivity contribution is 6.05. The van der Waals surface area contributed by atoms with E-state index in [9.17, 15) is 106 Å². The van der Waals surface area contributed by atoms with E-state index in [2.05, 4.69) is 70.0 Å². The van der Waals surface area contributed by atoms with Crippen LogP contribution >= 0.6 is 0 Å². The summed E-state index contributed by atoms with van der Waals surface area (Å²) >= 11 is 0. The van der Waals surface area contributed by atoms with E-state index in [1.54, 1.807) is 54.7 Å². The van der Waals surface area contributed by atoms with Crippen LogP contribution in [0.5, 0.6) is 0 Å². The highest BCUT2D eigenvalue weighted by atomic mass is 16.5. The fourth-order valence-electron chi connectivity index (χ4n) is 12.4. The number of ketones is 4. The number of anilines is 1. The third-order valence-electron chi connectivity index (χ3n) is 18.9. The number of Topliss-reactive ketones (excluding diaryl/α,β-unsaturated/α-hetero) is 4. The van der Waals surface area contributed by atoms with Gasteiger partial charge in [0.2, 0.25) is 59.1 Å². The van der Waals surface area contributed by atoms with Crippen molar-refractivity contribution in [3.05, 3.63) is 137 Å². The SMILES string of the molecule is CC(COC=O)[C@@H]1CC(=O)[C@@H](CO)NC(=O)CNC(=O)[C@H](COC=O)NC(=O)[C@@H](C)NC(=O)[C@H](COC=O)CC(=O)[C@H](CCCN)NC(=O)CNC(=O)[C@@H](NC(=O)[C@H](CC(=O)O)CC(=O)[C@@H](CC(N)=O)NC(=O)[C@H](Cc2c[nH]c3ccccc23)NC(=O)c2ccc(C#Cc3ccccc3)cc2)[C@@H](C)OC(=O)[C@H](CC(=O)c2ccccc2N)NC1=O. The van der Waals surface area contributed by atoms with Crippen LogP contribution in [0.1, 0.15) is 110 Å². The lowest BCUT2D eigenvalue weighted by atomic mass is 9.87. The zero-order valence-corrected chi connectivity index (χ0v) is 65.4. The molecule has 6 rings (SSSR count). The molecule has 0 aliphatic carbocycles. The summed E-state index contributed by atoms with van der Waals surface area (Å²) in [5.41, 5.74) is 19.6. The number of ether oxygens (including phenoxy) is 4. The highest BCUT2D eigenvalue weighted by Crippen LogP contribution is 2.24. The fraction of sp³-hybridized carbons (Fsp3) is 0.400. The number of benzene rings is 4. The average molecular weight is 1670 g/mol. The van der Waals surface area contributed by atoms with Gasteiger partial charge in [-0.05, 0) is 93.4 Å². The van der Waals surface area contributed by atoms with Gasteiger partial charge in [-0.3, -0.25) is 91.1 Å². The standard InChI is InChI=1S/C80H94N14O26/c1-43(37-117-40-96)54-30-66(102)61(36-95)89-69(105)34-85-77(113)62(39-119-42-98)93-72(108)44(2)87-75(111)51(38-118-41-97)28-64(100)57(18-11-25-81)88-68(104)35-86-79(115)71(45(3)120-80(116)60(92-76(54)112)31-63(99)53-15-7-9-16-55(53)82)94-74(110)49(29-70(106)107)27-65(101)58(32-67(83)103)90-78(114)59(26-50-33-84-56-17-10-8-14-52(50)56)91-73(109)48-23-21-47(22-24-48)20-19-46-12-5-4-6-13-46/h4-10,12-17,21-24,33,40-45,49,51,54,57-62,71,84,95H,11,18,25-32,34-39,81-82H2,1-3H3,(H2,83,103)(H,85,113)(H,86,115)(H,87,111)(H,88,104)(H,89,105)(H,90,114)(H,91,109)(H,92,112)(H,93,108)(H,94,110)(H,106,107)/t43?,44-,45-,49+,51+,54+,57+,58-,59+,60+,61-,62+,71+/m1/s1. The maximum atomic E-state index is 14.9. The summed E-state index contributed by atoms with van der Waals surface area (Å²) in [7, 11) is 0. The van der Waals surface area contributed by atoms with Crippen LogP contribution in [0.3, 0.4) is 0 Å². The lowest BCUT2D eigenvalue weighted by molar-refractivity contribution is -0.156. The summed E-state index contributed by atoms with van der Waals surface area (Å²) in [6.07, 6.45) is -7.52. The predicted molar refractivity (Wildman–Crippen MR) is 419 cm³/mol. The molecule has 13 atom stereocenters. The summed E-state index contributed by atoms with van der Waals surface area (Å²) < 4.78 is 20.2. The number of aliphatic carboxylic acids is 1. The Morgan fingerprint density at radius 2 is 1.24 bits per heavy atom. The number of amides is 11. The molecule has 40 nitrogen and oxygen atoms in total. The minimum absolute atomic E-state index is 0.00329. The minimum atomic E-state index is -2.37. The summed E-state index contributed by atoms with van der Waals surface area (Å²) in [6, 6.07) is 12.2. The van der Waals surface area contributed by atoms with Crippen molar-refractivity contribution in [3.63, 3.8) is 0 Å². The van der Waals surface area contributed by atoms with Crippen molar-refractivity contribution in [3.8, 4) is 11.8 Å². The van der Waals surface area contributed by atoms with Crippen LogP contribution in [-0.2, 0) is 112 Å². The molecule has 1 aliphatic rings. The third-order valence-corrected chi connectivity index (χ3v) is 18.9. The number of para-hydroxylation sites is 2. The van der Waals surface area contributed by atoms with Crippen LogP contribution in [0.4, 0.5) is 5.69 Å². The van der Waals surface area contributed by atoms with Crippen molar-refractivity contribution in [2.45, 2.75) is 133 Å². The van der Waals surface area contributed by atoms with Crippen molar-refractivity contribution in [1.82, 2.24) is 58.2 Å². The molecule has 0 radical (unpaired) electrons. The number of carboxylic acids is 1. The van der Waals surface area contributed by atoms with Gasteiger partial charge in [0.05, 0.1) is 69.0 Å². The first-order valence-electron chi connectivity index (χ1n) is 37.6. The van der Waals surface area contributed by atoms with Gasteiger partial charge in [-0.15, -0.1) is 0 Å². The maximum absolute atomic E-state index is 14.9. The molecule has 40 heteroatoms. The molecule has 0 saturated carbocycles. The lowest BCUT2D eigenvalue weighted by Crippen LogP contribution is -2.57. The van der Waals surface area contributed by atoms with Gasteiger partial charge < -0.3 is 105 Å². The average Bonchev–Trinajstić information content (AvgIpc) is 1.64. The first-order valence-corrected chi connectivity index (χ1v) is 37.6. The lowest BCUT2D eigenvalue weighted by Gasteiger charge is -2.29. The second-order valence-corrected chi connectivity index (χ2v) is 27.9. The zero-order valence-electron chi connectivity index (χ0n) is 65.4. The Kier molecular flexibility index (Phi) is 37.8. The molecular weight excluding hydrogens is 1570 g/mol. The monoisotopic (exact) mass is 1670 g/mol. The first-order chi connectivity index (χ1) is 57.3. The van der Waals surface area contributed by atoms with Gasteiger partial charge in [0.15, 0.2) is 23.1 Å². The second-order valence-electron chi connectivity index (χ2n) is 27.9. The number of aromatic amines is 1. The van der Waals surface area contributed by atoms with Crippen LogP contribution in [-0.4, -0.2) is 235 Å². The smallest absolute Gasteiger partial charge is 0.329 e. The molecule has 19 N–H and O–H groups in total. The first kappa shape index (κ1) is 94.8. The molecule has 1 aromatic heterocycles. The van der Waals surface area contributed by atoms with E-state index < -0.39 is 256 Å². The fourth-order valence-corrected chi connectivity index (χ4v) is 12.4. The van der Waals surface area contributed by atoms with E-state index in [-0.39, 0.29) is 62.0 Å². The number of aliphatic hydroxyl groups is 1. The summed E-state index contributed by atoms with van der Waals surface area (Å²) in [4.78, 5) is 277. The van der Waals surface area contributed by atoms with Gasteiger partial charge in [0, 0.05) is 83.1 Å². The number of aliphatic hydroxyl groups excluding tert-OH is 1. The van der Waals surface area contributed by atoms with Gasteiger partial charge in [0.1, 0.15) is 55.6 Å². The third kappa shape index (κ3) is 29.9. The number of carbonyl (C=O) groups is 20. The number of primary amides is 1. The summed E-state index contributed by atoms with van der Waals surface area (Å²) in [6.45, 7) is -2.72. The highest BCUT2D eigenvalue weighted by Gasteiger charge is 2.41. The number of carboxylic acid groups (broad SMARTS) is 1. The number of esters is 1. The Bertz CT molecular complexity index is 4640. The molecule has 0 bridgehead atoms. The van der Waals surface area contributed by atoms with Gasteiger partial charge >= 0.3 is 11.9 Å². The summed E-state index contributed by atoms with van der Waals surface area (Å²) in [5, 5.41) is 44.3. The normalized spacial score (nSPS) is 20.7.